The number of carbonyl (C=O) groups excluding carboxylic acids is 2. The molecule has 0 aliphatic carbocycles. The summed E-state index contributed by atoms with van der Waals surface area (Å²) in [6, 6.07) is 10.6. The molecule has 3 rings (SSSR count). The average molecular weight is 495 g/mol. The maximum absolute atomic E-state index is 13.1. The van der Waals surface area contributed by atoms with Crippen molar-refractivity contribution in [3.63, 3.8) is 0 Å². The number of amides is 1. The van der Waals surface area contributed by atoms with Crippen molar-refractivity contribution in [1.82, 2.24) is 4.31 Å². The summed E-state index contributed by atoms with van der Waals surface area (Å²) in [5.41, 5.74) is 0.506. The standard InChI is InChI=1S/C23H27ClN2O6S/c1-15-5-4-12-26(14-15)33(29,30)21-13-17(6-11-20(21)24)23(28)32-16(2)22(27)25-18-7-9-19(31-3)10-8-18/h6-11,13,15-16H,4-5,12,14H2,1-3H3,(H,25,27). The van der Waals surface area contributed by atoms with Gasteiger partial charge >= 0.3 is 5.97 Å². The largest absolute Gasteiger partial charge is 0.497 e. The lowest BCUT2D eigenvalue weighted by Gasteiger charge is -2.30. The first-order valence-corrected chi connectivity index (χ1v) is 12.4. The Balaban J connectivity index is 1.71. The number of sulfonamides is 1. The number of benzene rings is 2. The number of anilines is 1. The molecular formula is C23H27ClN2O6S. The van der Waals surface area contributed by atoms with Gasteiger partial charge < -0.3 is 14.8 Å². The second-order valence-electron chi connectivity index (χ2n) is 8.02. The van der Waals surface area contributed by atoms with Gasteiger partial charge in [0.15, 0.2) is 6.10 Å². The van der Waals surface area contributed by atoms with E-state index in [1.165, 1.54) is 36.5 Å². The maximum atomic E-state index is 13.1. The van der Waals surface area contributed by atoms with E-state index in [1.807, 2.05) is 6.92 Å². The fourth-order valence-electron chi connectivity index (χ4n) is 3.53. The smallest absolute Gasteiger partial charge is 0.338 e. The minimum absolute atomic E-state index is 0.00729. The van der Waals surface area contributed by atoms with E-state index < -0.39 is 28.0 Å². The number of rotatable bonds is 7. The lowest BCUT2D eigenvalue weighted by atomic mass is 10.0. The summed E-state index contributed by atoms with van der Waals surface area (Å²) in [6.07, 6.45) is 0.613. The lowest BCUT2D eigenvalue weighted by Crippen LogP contribution is -2.39. The van der Waals surface area contributed by atoms with Crippen LogP contribution < -0.4 is 10.1 Å². The van der Waals surface area contributed by atoms with Crippen LogP contribution in [0, 0.1) is 5.92 Å². The van der Waals surface area contributed by atoms with Crippen LogP contribution in [-0.4, -0.2) is 50.9 Å². The van der Waals surface area contributed by atoms with Crippen molar-refractivity contribution in [2.75, 3.05) is 25.5 Å². The number of halogens is 1. The van der Waals surface area contributed by atoms with E-state index in [0.717, 1.165) is 12.8 Å². The van der Waals surface area contributed by atoms with Gasteiger partial charge in [0.05, 0.1) is 17.7 Å². The molecule has 2 unspecified atom stereocenters. The topological polar surface area (TPSA) is 102 Å². The summed E-state index contributed by atoms with van der Waals surface area (Å²) in [6.45, 7) is 4.23. The second-order valence-corrected chi connectivity index (χ2v) is 10.3. The zero-order valence-electron chi connectivity index (χ0n) is 18.7. The van der Waals surface area contributed by atoms with E-state index in [-0.39, 0.29) is 21.4 Å². The predicted molar refractivity (Wildman–Crippen MR) is 125 cm³/mol. The molecule has 1 saturated heterocycles. The molecule has 1 fully saturated rings. The average Bonchev–Trinajstić information content (AvgIpc) is 2.79. The number of esters is 1. The third-order valence-corrected chi connectivity index (χ3v) is 7.76. The molecule has 1 aliphatic heterocycles. The summed E-state index contributed by atoms with van der Waals surface area (Å²) >= 11 is 6.18. The molecule has 0 saturated carbocycles. The predicted octanol–water partition coefficient (Wildman–Crippen LogP) is 3.95. The van der Waals surface area contributed by atoms with Crippen LogP contribution >= 0.6 is 11.6 Å². The zero-order chi connectivity index (χ0) is 24.2. The van der Waals surface area contributed by atoms with Crippen LogP contribution in [0.15, 0.2) is 47.4 Å². The maximum Gasteiger partial charge on any atom is 0.338 e. The molecule has 1 N–H and O–H groups in total. The molecular weight excluding hydrogens is 468 g/mol. The minimum Gasteiger partial charge on any atom is -0.497 e. The summed E-state index contributed by atoms with van der Waals surface area (Å²) < 4.78 is 38.0. The molecule has 8 nitrogen and oxygen atoms in total. The fourth-order valence-corrected chi connectivity index (χ4v) is 5.63. The number of ether oxygens (including phenoxy) is 2. The third-order valence-electron chi connectivity index (χ3n) is 5.42. The van der Waals surface area contributed by atoms with E-state index in [2.05, 4.69) is 5.32 Å². The Morgan fingerprint density at radius 2 is 1.88 bits per heavy atom. The third kappa shape index (κ3) is 6.04. The van der Waals surface area contributed by atoms with E-state index in [9.17, 15) is 18.0 Å². The van der Waals surface area contributed by atoms with Gasteiger partial charge in [-0.15, -0.1) is 0 Å². The molecule has 2 aromatic rings. The van der Waals surface area contributed by atoms with Crippen LogP contribution in [0.25, 0.3) is 0 Å². The first-order chi connectivity index (χ1) is 15.6. The Bertz CT molecular complexity index is 1120. The number of nitrogens with zero attached hydrogens (tertiary/aromatic N) is 1. The number of nitrogens with one attached hydrogen (secondary N) is 1. The van der Waals surface area contributed by atoms with Crippen LogP contribution in [0.1, 0.15) is 37.0 Å². The Morgan fingerprint density at radius 3 is 2.52 bits per heavy atom. The highest BCUT2D eigenvalue weighted by molar-refractivity contribution is 7.89. The van der Waals surface area contributed by atoms with Crippen LogP contribution in [0.4, 0.5) is 5.69 Å². The van der Waals surface area contributed by atoms with Crippen molar-refractivity contribution in [2.45, 2.75) is 37.7 Å². The molecule has 1 heterocycles. The van der Waals surface area contributed by atoms with Gasteiger partial charge in [-0.25, -0.2) is 13.2 Å². The van der Waals surface area contributed by atoms with Crippen molar-refractivity contribution >= 4 is 39.2 Å². The van der Waals surface area contributed by atoms with E-state index in [4.69, 9.17) is 21.1 Å². The molecule has 0 spiro atoms. The van der Waals surface area contributed by atoms with Crippen LogP contribution in [0.2, 0.25) is 5.02 Å². The van der Waals surface area contributed by atoms with E-state index in [0.29, 0.717) is 24.5 Å². The SMILES string of the molecule is COc1ccc(NC(=O)C(C)OC(=O)c2ccc(Cl)c(S(=O)(=O)N3CCCC(C)C3)c2)cc1. The molecule has 1 amide bonds. The van der Waals surface area contributed by atoms with Crippen molar-refractivity contribution in [2.24, 2.45) is 5.92 Å². The van der Waals surface area contributed by atoms with Gasteiger partial charge in [0.25, 0.3) is 5.91 Å². The summed E-state index contributed by atoms with van der Waals surface area (Å²) in [7, 11) is -2.33. The van der Waals surface area contributed by atoms with Gasteiger partial charge in [-0.2, -0.15) is 4.31 Å². The number of methoxy groups -OCH3 is 1. The monoisotopic (exact) mass is 494 g/mol. The van der Waals surface area contributed by atoms with Crippen molar-refractivity contribution in [3.05, 3.63) is 53.1 Å². The van der Waals surface area contributed by atoms with Crippen molar-refractivity contribution in [1.29, 1.82) is 0 Å². The van der Waals surface area contributed by atoms with Crippen molar-refractivity contribution < 1.29 is 27.5 Å². The van der Waals surface area contributed by atoms with Crippen molar-refractivity contribution in [3.8, 4) is 5.75 Å². The Morgan fingerprint density at radius 1 is 1.18 bits per heavy atom. The molecule has 10 heteroatoms. The molecule has 33 heavy (non-hydrogen) atoms. The van der Waals surface area contributed by atoms with E-state index >= 15 is 0 Å². The Hall–Kier alpha value is -2.62. The molecule has 0 radical (unpaired) electrons. The zero-order valence-corrected chi connectivity index (χ0v) is 20.3. The highest BCUT2D eigenvalue weighted by Gasteiger charge is 2.31. The Kier molecular flexibility index (Phi) is 7.99. The summed E-state index contributed by atoms with van der Waals surface area (Å²) in [4.78, 5) is 24.9. The highest BCUT2D eigenvalue weighted by atomic mass is 35.5. The van der Waals surface area contributed by atoms with Gasteiger partial charge in [-0.05, 0) is 68.1 Å². The fraction of sp³-hybridized carbons (Fsp3) is 0.391. The number of carbonyl (C=O) groups is 2. The van der Waals surface area contributed by atoms with Gasteiger partial charge in [-0.3, -0.25) is 4.79 Å². The van der Waals surface area contributed by atoms with Crippen LogP contribution in [0.5, 0.6) is 5.75 Å². The molecule has 0 bridgehead atoms. The van der Waals surface area contributed by atoms with Gasteiger partial charge in [-0.1, -0.05) is 18.5 Å². The molecule has 2 aromatic carbocycles. The van der Waals surface area contributed by atoms with Crippen LogP contribution in [-0.2, 0) is 19.6 Å². The molecule has 178 valence electrons. The van der Waals surface area contributed by atoms with Gasteiger partial charge in [0.1, 0.15) is 10.6 Å². The highest BCUT2D eigenvalue weighted by Crippen LogP contribution is 2.29. The second kappa shape index (κ2) is 10.5. The quantitative estimate of drug-likeness (QED) is 0.585. The number of hydrogen-bond donors (Lipinski definition) is 1. The van der Waals surface area contributed by atoms with Gasteiger partial charge in [0.2, 0.25) is 10.0 Å². The summed E-state index contributed by atoms with van der Waals surface area (Å²) in [5, 5.41) is 2.67. The first kappa shape index (κ1) is 25.0. The number of hydrogen-bond acceptors (Lipinski definition) is 6. The minimum atomic E-state index is -3.87. The van der Waals surface area contributed by atoms with E-state index in [1.54, 1.807) is 24.3 Å². The first-order valence-electron chi connectivity index (χ1n) is 10.6. The van der Waals surface area contributed by atoms with Crippen LogP contribution in [0.3, 0.4) is 0 Å². The molecule has 0 aromatic heterocycles. The normalized spacial score (nSPS) is 17.8. The molecule has 2 atom stereocenters. The number of piperidine rings is 1. The molecule has 1 aliphatic rings. The summed E-state index contributed by atoms with van der Waals surface area (Å²) in [5.74, 6) is -0.476. The lowest BCUT2D eigenvalue weighted by molar-refractivity contribution is -0.123. The van der Waals surface area contributed by atoms with Gasteiger partial charge in [0, 0.05) is 18.8 Å². The Labute approximate surface area is 198 Å².